The van der Waals surface area contributed by atoms with Crippen LogP contribution >= 0.6 is 0 Å². The fourth-order valence-electron chi connectivity index (χ4n) is 1.86. The van der Waals surface area contributed by atoms with Gasteiger partial charge in [0.15, 0.2) is 0 Å². The van der Waals surface area contributed by atoms with Crippen LogP contribution in [0.3, 0.4) is 0 Å². The van der Waals surface area contributed by atoms with Crippen molar-refractivity contribution in [3.8, 4) is 0 Å². The Kier molecular flexibility index (Phi) is 4.17. The van der Waals surface area contributed by atoms with Crippen molar-refractivity contribution in [1.29, 1.82) is 0 Å². The van der Waals surface area contributed by atoms with Crippen molar-refractivity contribution in [2.45, 2.75) is 19.4 Å². The van der Waals surface area contributed by atoms with E-state index in [0.717, 1.165) is 19.4 Å². The van der Waals surface area contributed by atoms with Crippen molar-refractivity contribution in [3.05, 3.63) is 30.6 Å². The van der Waals surface area contributed by atoms with E-state index in [4.69, 9.17) is 5.73 Å². The van der Waals surface area contributed by atoms with Gasteiger partial charge in [-0.05, 0) is 12.8 Å². The van der Waals surface area contributed by atoms with Gasteiger partial charge in [0, 0.05) is 32.5 Å². The summed E-state index contributed by atoms with van der Waals surface area (Å²) in [7, 11) is 1.70. The number of nitrogens with one attached hydrogen (secondary N) is 1. The standard InChI is InChI=1S/C12H18N6O/c1-17-11(10(13)8-16-17)12(19)15-4-2-3-6-18-7-5-14-9-18/h5,7-9H,2-4,6,13H2,1H3,(H,15,19). The predicted octanol–water partition coefficient (Wildman–Crippen LogP) is 0.409. The second kappa shape index (κ2) is 6.03. The van der Waals surface area contributed by atoms with Gasteiger partial charge in [-0.25, -0.2) is 4.98 Å². The maximum absolute atomic E-state index is 11.9. The highest BCUT2D eigenvalue weighted by Gasteiger charge is 2.13. The molecular formula is C12H18N6O. The monoisotopic (exact) mass is 262 g/mol. The van der Waals surface area contributed by atoms with Gasteiger partial charge in [-0.1, -0.05) is 0 Å². The Bertz CT molecular complexity index is 511. The Balaban J connectivity index is 1.70. The van der Waals surface area contributed by atoms with E-state index < -0.39 is 0 Å². The second-order valence-corrected chi connectivity index (χ2v) is 4.34. The summed E-state index contributed by atoms with van der Waals surface area (Å²) in [5.74, 6) is -0.180. The summed E-state index contributed by atoms with van der Waals surface area (Å²) in [6.45, 7) is 1.53. The molecule has 0 aliphatic heterocycles. The molecule has 0 saturated heterocycles. The van der Waals surface area contributed by atoms with Crippen LogP contribution in [-0.4, -0.2) is 31.8 Å². The molecule has 7 heteroatoms. The lowest BCUT2D eigenvalue weighted by atomic mass is 10.3. The number of carbonyl (C=O) groups excluding carboxylic acids is 1. The van der Waals surface area contributed by atoms with Crippen LogP contribution in [0.5, 0.6) is 0 Å². The summed E-state index contributed by atoms with van der Waals surface area (Å²) in [4.78, 5) is 15.8. The van der Waals surface area contributed by atoms with Gasteiger partial charge in [0.2, 0.25) is 0 Å². The van der Waals surface area contributed by atoms with Gasteiger partial charge in [0.25, 0.3) is 5.91 Å². The molecule has 0 aliphatic carbocycles. The molecule has 0 saturated carbocycles. The average molecular weight is 262 g/mol. The number of aromatic nitrogens is 4. The summed E-state index contributed by atoms with van der Waals surface area (Å²) >= 11 is 0. The molecule has 0 aromatic carbocycles. The molecule has 3 N–H and O–H groups in total. The van der Waals surface area contributed by atoms with Crippen molar-refractivity contribution < 1.29 is 4.79 Å². The van der Waals surface area contributed by atoms with Gasteiger partial charge in [0.1, 0.15) is 5.69 Å². The van der Waals surface area contributed by atoms with Crippen molar-refractivity contribution in [2.75, 3.05) is 12.3 Å². The highest BCUT2D eigenvalue weighted by molar-refractivity contribution is 5.97. The van der Waals surface area contributed by atoms with Gasteiger partial charge < -0.3 is 15.6 Å². The van der Waals surface area contributed by atoms with Crippen LogP contribution < -0.4 is 11.1 Å². The fourth-order valence-corrected chi connectivity index (χ4v) is 1.86. The first-order valence-corrected chi connectivity index (χ1v) is 6.20. The van der Waals surface area contributed by atoms with Crippen LogP contribution in [0.2, 0.25) is 0 Å². The van der Waals surface area contributed by atoms with E-state index >= 15 is 0 Å². The number of amides is 1. The molecule has 2 rings (SSSR count). The van der Waals surface area contributed by atoms with Crippen LogP contribution in [0, 0.1) is 0 Å². The number of hydrogen-bond acceptors (Lipinski definition) is 4. The number of nitrogens with two attached hydrogens (primary N) is 1. The van der Waals surface area contributed by atoms with E-state index in [2.05, 4.69) is 15.4 Å². The van der Waals surface area contributed by atoms with Crippen LogP contribution in [-0.2, 0) is 13.6 Å². The predicted molar refractivity (Wildman–Crippen MR) is 71.4 cm³/mol. The number of imidazole rings is 1. The molecule has 0 fully saturated rings. The van der Waals surface area contributed by atoms with E-state index in [9.17, 15) is 4.79 Å². The van der Waals surface area contributed by atoms with Crippen LogP contribution in [0.15, 0.2) is 24.9 Å². The third-order valence-corrected chi connectivity index (χ3v) is 2.87. The smallest absolute Gasteiger partial charge is 0.271 e. The first kappa shape index (κ1) is 13.1. The molecule has 7 nitrogen and oxygen atoms in total. The Morgan fingerprint density at radius 1 is 1.47 bits per heavy atom. The third kappa shape index (κ3) is 3.34. The topological polar surface area (TPSA) is 90.8 Å². The van der Waals surface area contributed by atoms with Crippen LogP contribution in [0.25, 0.3) is 0 Å². The molecule has 0 unspecified atom stereocenters. The van der Waals surface area contributed by atoms with Gasteiger partial charge in [-0.2, -0.15) is 5.10 Å². The molecule has 2 heterocycles. The van der Waals surface area contributed by atoms with Crippen LogP contribution in [0.4, 0.5) is 5.69 Å². The minimum absolute atomic E-state index is 0.180. The number of rotatable bonds is 6. The summed E-state index contributed by atoms with van der Waals surface area (Å²) in [5, 5.41) is 6.78. The minimum Gasteiger partial charge on any atom is -0.396 e. The third-order valence-electron chi connectivity index (χ3n) is 2.87. The number of aryl methyl sites for hydroxylation is 2. The van der Waals surface area contributed by atoms with Crippen LogP contribution in [0.1, 0.15) is 23.3 Å². The van der Waals surface area contributed by atoms with Crippen molar-refractivity contribution in [1.82, 2.24) is 24.6 Å². The molecule has 19 heavy (non-hydrogen) atoms. The maximum atomic E-state index is 11.9. The highest BCUT2D eigenvalue weighted by Crippen LogP contribution is 2.08. The molecule has 0 aliphatic rings. The maximum Gasteiger partial charge on any atom is 0.271 e. The number of anilines is 1. The number of unbranched alkanes of at least 4 members (excludes halogenated alkanes) is 1. The molecule has 102 valence electrons. The summed E-state index contributed by atoms with van der Waals surface area (Å²) in [6, 6.07) is 0. The van der Waals surface area contributed by atoms with E-state index in [1.165, 1.54) is 10.9 Å². The van der Waals surface area contributed by atoms with Crippen molar-refractivity contribution in [2.24, 2.45) is 7.05 Å². The molecule has 0 spiro atoms. The van der Waals surface area contributed by atoms with Crippen molar-refractivity contribution in [3.63, 3.8) is 0 Å². The summed E-state index contributed by atoms with van der Waals surface area (Å²) < 4.78 is 3.50. The summed E-state index contributed by atoms with van der Waals surface area (Å²) in [6.07, 6.45) is 8.84. The molecular weight excluding hydrogens is 244 g/mol. The van der Waals surface area contributed by atoms with E-state index in [0.29, 0.717) is 17.9 Å². The largest absolute Gasteiger partial charge is 0.396 e. The Morgan fingerprint density at radius 2 is 2.32 bits per heavy atom. The Hall–Kier alpha value is -2.31. The lowest BCUT2D eigenvalue weighted by molar-refractivity contribution is 0.0944. The zero-order chi connectivity index (χ0) is 13.7. The van der Waals surface area contributed by atoms with Gasteiger partial charge in [-0.15, -0.1) is 0 Å². The molecule has 2 aromatic heterocycles. The Labute approximate surface area is 111 Å². The minimum atomic E-state index is -0.180. The Morgan fingerprint density at radius 3 is 2.95 bits per heavy atom. The number of hydrogen-bond donors (Lipinski definition) is 2. The van der Waals surface area contributed by atoms with E-state index in [1.807, 2.05) is 10.8 Å². The molecule has 2 aromatic rings. The lowest BCUT2D eigenvalue weighted by Gasteiger charge is -2.06. The van der Waals surface area contributed by atoms with Gasteiger partial charge in [-0.3, -0.25) is 9.48 Å². The van der Waals surface area contributed by atoms with Crippen molar-refractivity contribution >= 4 is 11.6 Å². The lowest BCUT2D eigenvalue weighted by Crippen LogP contribution is -2.27. The number of carbonyl (C=O) groups is 1. The SMILES string of the molecule is Cn1ncc(N)c1C(=O)NCCCCn1ccnc1. The zero-order valence-corrected chi connectivity index (χ0v) is 10.9. The van der Waals surface area contributed by atoms with Gasteiger partial charge in [0.05, 0.1) is 18.2 Å². The quantitative estimate of drug-likeness (QED) is 0.738. The molecule has 1 amide bonds. The molecule has 0 atom stereocenters. The molecule has 0 radical (unpaired) electrons. The first-order valence-electron chi connectivity index (χ1n) is 6.20. The zero-order valence-electron chi connectivity index (χ0n) is 10.9. The molecule has 0 bridgehead atoms. The first-order chi connectivity index (χ1) is 9.18. The number of nitrogen functional groups attached to an aromatic ring is 1. The van der Waals surface area contributed by atoms with E-state index in [-0.39, 0.29) is 5.91 Å². The average Bonchev–Trinajstić information content (AvgIpc) is 2.99. The summed E-state index contributed by atoms with van der Waals surface area (Å²) in [5.41, 5.74) is 6.50. The fraction of sp³-hybridized carbons (Fsp3) is 0.417. The van der Waals surface area contributed by atoms with E-state index in [1.54, 1.807) is 19.6 Å². The number of nitrogens with zero attached hydrogens (tertiary/aromatic N) is 4. The normalized spacial score (nSPS) is 10.6. The highest BCUT2D eigenvalue weighted by atomic mass is 16.2. The van der Waals surface area contributed by atoms with Gasteiger partial charge >= 0.3 is 0 Å². The second-order valence-electron chi connectivity index (χ2n) is 4.34.